The predicted octanol–water partition coefficient (Wildman–Crippen LogP) is 7.59. The zero-order valence-corrected chi connectivity index (χ0v) is 30.6. The molecule has 3 N–H and O–H groups in total. The van der Waals surface area contributed by atoms with Crippen LogP contribution in [0.3, 0.4) is 0 Å². The summed E-state index contributed by atoms with van der Waals surface area (Å²) in [7, 11) is 4.46. The van der Waals surface area contributed by atoms with E-state index >= 15 is 0 Å². The van der Waals surface area contributed by atoms with E-state index in [2.05, 4.69) is 16.0 Å². The second kappa shape index (κ2) is 19.6. The third-order valence-corrected chi connectivity index (χ3v) is 9.04. The van der Waals surface area contributed by atoms with Gasteiger partial charge in [-0.2, -0.15) is 0 Å². The van der Waals surface area contributed by atoms with Crippen molar-refractivity contribution in [2.45, 2.75) is 43.3 Å². The molecule has 4 aromatic carbocycles. The fraction of sp³-hybridized carbons (Fsp3) is 0.250. The van der Waals surface area contributed by atoms with E-state index in [0.717, 1.165) is 17.7 Å². The Morgan fingerprint density at radius 2 is 1.44 bits per heavy atom. The molecular formula is C40H43N3O8S. The summed E-state index contributed by atoms with van der Waals surface area (Å²) in [5.74, 6) is -0.531. The van der Waals surface area contributed by atoms with Crippen LogP contribution < -0.4 is 30.2 Å². The number of ether oxygens (including phenoxy) is 4. The van der Waals surface area contributed by atoms with Gasteiger partial charge in [0, 0.05) is 21.8 Å². The number of benzene rings is 4. The van der Waals surface area contributed by atoms with Crippen LogP contribution in [0.5, 0.6) is 17.2 Å². The molecule has 52 heavy (non-hydrogen) atoms. The van der Waals surface area contributed by atoms with E-state index in [4.69, 9.17) is 18.9 Å². The van der Waals surface area contributed by atoms with Crippen LogP contribution in [0.25, 0.3) is 6.08 Å². The Bertz CT molecular complexity index is 1850. The molecule has 11 nitrogen and oxygen atoms in total. The number of anilines is 2. The molecule has 0 aliphatic carbocycles. The van der Waals surface area contributed by atoms with Gasteiger partial charge in [0.25, 0.3) is 11.8 Å². The SMILES string of the molecule is CCCCOC(=O)c1ccc(NC(=O)C(CC)Sc2cccc(NC(=O)/C(=C\c3cc(OC)c(OC)c(OC)c3)NC(=O)c3ccccc3)c2)cc1. The minimum atomic E-state index is -0.581. The lowest BCUT2D eigenvalue weighted by Crippen LogP contribution is -2.30. The smallest absolute Gasteiger partial charge is 0.338 e. The summed E-state index contributed by atoms with van der Waals surface area (Å²) in [6.07, 6.45) is 3.77. The maximum Gasteiger partial charge on any atom is 0.338 e. The van der Waals surface area contributed by atoms with Gasteiger partial charge in [0.1, 0.15) is 5.70 Å². The summed E-state index contributed by atoms with van der Waals surface area (Å²) < 4.78 is 21.6. The van der Waals surface area contributed by atoms with Crippen LogP contribution in [0.1, 0.15) is 59.4 Å². The molecule has 1 unspecified atom stereocenters. The molecule has 0 bridgehead atoms. The molecule has 0 spiro atoms. The zero-order chi connectivity index (χ0) is 37.5. The highest BCUT2D eigenvalue weighted by atomic mass is 32.2. The number of methoxy groups -OCH3 is 3. The van der Waals surface area contributed by atoms with Gasteiger partial charge in [0.15, 0.2) is 11.5 Å². The third-order valence-electron chi connectivity index (χ3n) is 7.68. The quantitative estimate of drug-likeness (QED) is 0.0435. The van der Waals surface area contributed by atoms with Crippen molar-refractivity contribution >= 4 is 52.9 Å². The maximum atomic E-state index is 13.8. The van der Waals surface area contributed by atoms with Crippen LogP contribution in [0.15, 0.2) is 102 Å². The average Bonchev–Trinajstić information content (AvgIpc) is 3.16. The molecule has 3 amide bonds. The van der Waals surface area contributed by atoms with E-state index in [1.54, 1.807) is 84.9 Å². The summed E-state index contributed by atoms with van der Waals surface area (Å²) in [5, 5.41) is 8.07. The van der Waals surface area contributed by atoms with Crippen molar-refractivity contribution in [3.8, 4) is 17.2 Å². The van der Waals surface area contributed by atoms with Gasteiger partial charge < -0.3 is 34.9 Å². The van der Waals surface area contributed by atoms with Crippen LogP contribution in [0.4, 0.5) is 11.4 Å². The highest BCUT2D eigenvalue weighted by molar-refractivity contribution is 8.00. The molecule has 0 saturated carbocycles. The van der Waals surface area contributed by atoms with Crippen molar-refractivity contribution in [3.63, 3.8) is 0 Å². The summed E-state index contributed by atoms with van der Waals surface area (Å²) >= 11 is 1.35. The number of nitrogens with one attached hydrogen (secondary N) is 3. The standard InChI is InChI=1S/C40H43N3O8S/c1-6-8-21-51-40(47)28-17-19-29(20-18-28)41-39(46)35(7-2)52-31-16-12-15-30(25-31)42-38(45)32(43-37(44)27-13-10-9-11-14-27)22-26-23-33(48-3)36(50-5)34(24-26)49-4/h9-20,22-25,35H,6-8,21H2,1-5H3,(H,41,46)(H,42,45)(H,43,44)/b32-22+. The number of unbranched alkanes of at least 4 members (excludes halogenated alkanes) is 1. The highest BCUT2D eigenvalue weighted by Crippen LogP contribution is 2.39. The predicted molar refractivity (Wildman–Crippen MR) is 203 cm³/mol. The minimum absolute atomic E-state index is 0.0350. The first-order valence-electron chi connectivity index (χ1n) is 16.7. The number of carbonyl (C=O) groups excluding carboxylic acids is 4. The Morgan fingerprint density at radius 3 is 2.06 bits per heavy atom. The highest BCUT2D eigenvalue weighted by Gasteiger charge is 2.21. The number of esters is 1. The number of hydrogen-bond donors (Lipinski definition) is 3. The molecule has 0 aliphatic rings. The Morgan fingerprint density at radius 1 is 0.750 bits per heavy atom. The Balaban J connectivity index is 1.50. The van der Waals surface area contributed by atoms with Crippen molar-refractivity contribution in [2.24, 2.45) is 0 Å². The lowest BCUT2D eigenvalue weighted by molar-refractivity contribution is -0.116. The molecular weight excluding hydrogens is 683 g/mol. The minimum Gasteiger partial charge on any atom is -0.493 e. The normalized spacial score (nSPS) is 11.5. The largest absolute Gasteiger partial charge is 0.493 e. The fourth-order valence-corrected chi connectivity index (χ4v) is 5.94. The third kappa shape index (κ3) is 10.9. The maximum absolute atomic E-state index is 13.8. The molecule has 0 radical (unpaired) electrons. The van der Waals surface area contributed by atoms with E-state index in [0.29, 0.717) is 58.3 Å². The number of rotatable bonds is 17. The van der Waals surface area contributed by atoms with Gasteiger partial charge in [0.05, 0.1) is 38.7 Å². The Hall–Kier alpha value is -5.75. The molecule has 0 aliphatic heterocycles. The fourth-order valence-electron chi connectivity index (χ4n) is 4.93. The van der Waals surface area contributed by atoms with E-state index in [1.165, 1.54) is 39.2 Å². The number of thioether (sulfide) groups is 1. The molecule has 0 saturated heterocycles. The molecule has 0 heterocycles. The number of amides is 3. The molecule has 0 aromatic heterocycles. The summed E-state index contributed by atoms with van der Waals surface area (Å²) in [4.78, 5) is 53.2. The second-order valence-electron chi connectivity index (χ2n) is 11.4. The monoisotopic (exact) mass is 725 g/mol. The molecule has 4 rings (SSSR count). The van der Waals surface area contributed by atoms with E-state index < -0.39 is 23.0 Å². The van der Waals surface area contributed by atoms with Gasteiger partial charge in [-0.1, -0.05) is 44.5 Å². The van der Waals surface area contributed by atoms with Crippen molar-refractivity contribution in [1.82, 2.24) is 5.32 Å². The van der Waals surface area contributed by atoms with Crippen LogP contribution in [-0.4, -0.2) is 56.9 Å². The first kappa shape index (κ1) is 39.0. The molecule has 12 heteroatoms. The Labute approximate surface area is 308 Å². The number of hydrogen-bond acceptors (Lipinski definition) is 9. The summed E-state index contributed by atoms with van der Waals surface area (Å²) in [5.41, 5.74) is 2.27. The van der Waals surface area contributed by atoms with Crippen LogP contribution in [0, 0.1) is 0 Å². The molecule has 0 fully saturated rings. The number of carbonyl (C=O) groups is 4. The molecule has 1 atom stereocenters. The first-order valence-corrected chi connectivity index (χ1v) is 17.6. The molecule has 4 aromatic rings. The van der Waals surface area contributed by atoms with Crippen LogP contribution in [-0.2, 0) is 14.3 Å². The van der Waals surface area contributed by atoms with Gasteiger partial charge >= 0.3 is 5.97 Å². The van der Waals surface area contributed by atoms with Crippen molar-refractivity contribution in [1.29, 1.82) is 0 Å². The van der Waals surface area contributed by atoms with Gasteiger partial charge in [-0.25, -0.2) is 4.79 Å². The Kier molecular flexibility index (Phi) is 14.7. The summed E-state index contributed by atoms with van der Waals surface area (Å²) in [6, 6.07) is 25.5. The van der Waals surface area contributed by atoms with E-state index in [1.807, 2.05) is 19.9 Å². The first-order chi connectivity index (χ1) is 25.2. The molecule has 272 valence electrons. The van der Waals surface area contributed by atoms with E-state index in [9.17, 15) is 19.2 Å². The zero-order valence-electron chi connectivity index (χ0n) is 29.8. The second-order valence-corrected chi connectivity index (χ2v) is 12.7. The van der Waals surface area contributed by atoms with Gasteiger partial charge in [0.2, 0.25) is 11.7 Å². The van der Waals surface area contributed by atoms with Gasteiger partial charge in [-0.15, -0.1) is 11.8 Å². The average molecular weight is 726 g/mol. The van der Waals surface area contributed by atoms with Crippen molar-refractivity contribution in [2.75, 3.05) is 38.6 Å². The lowest BCUT2D eigenvalue weighted by Gasteiger charge is -2.16. The lowest BCUT2D eigenvalue weighted by atomic mass is 10.1. The van der Waals surface area contributed by atoms with Gasteiger partial charge in [-0.3, -0.25) is 14.4 Å². The van der Waals surface area contributed by atoms with Crippen molar-refractivity contribution in [3.05, 3.63) is 113 Å². The van der Waals surface area contributed by atoms with Gasteiger partial charge in [-0.05, 0) is 91.2 Å². The van der Waals surface area contributed by atoms with E-state index in [-0.39, 0.29) is 11.6 Å². The van der Waals surface area contributed by atoms with Crippen LogP contribution in [0.2, 0.25) is 0 Å². The topological polar surface area (TPSA) is 141 Å². The van der Waals surface area contributed by atoms with Crippen LogP contribution >= 0.6 is 11.8 Å². The van der Waals surface area contributed by atoms with Crippen molar-refractivity contribution < 1.29 is 38.1 Å². The summed E-state index contributed by atoms with van der Waals surface area (Å²) in [6.45, 7) is 4.30.